The molecule has 0 saturated heterocycles. The Kier molecular flexibility index (Phi) is 2.71. The molecule has 15 heavy (non-hydrogen) atoms. The molecule has 0 spiro atoms. The van der Waals surface area contributed by atoms with Crippen molar-refractivity contribution < 1.29 is 9.90 Å². The van der Waals surface area contributed by atoms with Gasteiger partial charge in [-0.25, -0.2) is 0 Å². The predicted molar refractivity (Wildman–Crippen MR) is 59.9 cm³/mol. The third-order valence-corrected chi connectivity index (χ3v) is 4.30. The molecule has 1 saturated carbocycles. The quantitative estimate of drug-likeness (QED) is 0.819. The second kappa shape index (κ2) is 3.87. The lowest BCUT2D eigenvalue weighted by Crippen LogP contribution is -2.62. The van der Waals surface area contributed by atoms with Crippen LogP contribution in [0, 0.1) is 0 Å². The Morgan fingerprint density at radius 1 is 1.47 bits per heavy atom. The van der Waals surface area contributed by atoms with Crippen molar-refractivity contribution >= 4 is 17.7 Å². The molecule has 3 N–H and O–H groups in total. The summed E-state index contributed by atoms with van der Waals surface area (Å²) in [5.41, 5.74) is 4.79. The number of aliphatic carboxylic acids is 1. The van der Waals surface area contributed by atoms with E-state index in [9.17, 15) is 4.79 Å². The van der Waals surface area contributed by atoms with Gasteiger partial charge in [0.1, 0.15) is 5.54 Å². The van der Waals surface area contributed by atoms with E-state index in [0.29, 0.717) is 6.42 Å². The molecule has 0 aromatic heterocycles. The first-order chi connectivity index (χ1) is 7.13. The molecule has 3 nitrogen and oxygen atoms in total. The second-order valence-corrected chi connectivity index (χ2v) is 5.08. The number of carboxylic acid groups (broad SMARTS) is 1. The Morgan fingerprint density at radius 2 is 2.13 bits per heavy atom. The SMILES string of the molecule is N[C@@]1(C(=O)O)CC[C@H]1Sc1ccccc1. The summed E-state index contributed by atoms with van der Waals surface area (Å²) in [7, 11) is 0. The largest absolute Gasteiger partial charge is 0.480 e. The van der Waals surface area contributed by atoms with Gasteiger partial charge in [-0.3, -0.25) is 4.79 Å². The summed E-state index contributed by atoms with van der Waals surface area (Å²) in [5, 5.41) is 9.00. The van der Waals surface area contributed by atoms with Crippen LogP contribution in [0.5, 0.6) is 0 Å². The van der Waals surface area contributed by atoms with E-state index in [1.54, 1.807) is 11.8 Å². The van der Waals surface area contributed by atoms with Gasteiger partial charge in [0.25, 0.3) is 0 Å². The van der Waals surface area contributed by atoms with Gasteiger partial charge in [0.05, 0.1) is 0 Å². The zero-order valence-electron chi connectivity index (χ0n) is 8.22. The van der Waals surface area contributed by atoms with Crippen molar-refractivity contribution in [2.45, 2.75) is 28.5 Å². The number of nitrogens with two attached hydrogens (primary N) is 1. The van der Waals surface area contributed by atoms with Crippen LogP contribution < -0.4 is 5.73 Å². The lowest BCUT2D eigenvalue weighted by molar-refractivity contribution is -0.146. The molecule has 0 amide bonds. The van der Waals surface area contributed by atoms with Crippen LogP contribution in [-0.4, -0.2) is 21.9 Å². The molecule has 0 radical (unpaired) electrons. The standard InChI is InChI=1S/C11H13NO2S/c12-11(10(13)14)7-6-9(11)15-8-4-2-1-3-5-8/h1-5,9H,6-7,12H2,(H,13,14)/t9-,11+/m1/s1. The lowest BCUT2D eigenvalue weighted by atomic mass is 9.77. The zero-order valence-corrected chi connectivity index (χ0v) is 9.04. The predicted octanol–water partition coefficient (Wildman–Crippen LogP) is 1.72. The summed E-state index contributed by atoms with van der Waals surface area (Å²) in [6.07, 6.45) is 1.45. The van der Waals surface area contributed by atoms with Crippen LogP contribution in [0.15, 0.2) is 35.2 Å². The van der Waals surface area contributed by atoms with Crippen molar-refractivity contribution in [3.8, 4) is 0 Å². The first kappa shape index (κ1) is 10.5. The Bertz CT molecular complexity index is 368. The van der Waals surface area contributed by atoms with Gasteiger partial charge < -0.3 is 10.8 Å². The Balaban J connectivity index is 2.06. The van der Waals surface area contributed by atoms with Gasteiger partial charge in [0.2, 0.25) is 0 Å². The Morgan fingerprint density at radius 3 is 2.60 bits per heavy atom. The van der Waals surface area contributed by atoms with Gasteiger partial charge in [-0.2, -0.15) is 0 Å². The van der Waals surface area contributed by atoms with Gasteiger partial charge >= 0.3 is 5.97 Å². The lowest BCUT2D eigenvalue weighted by Gasteiger charge is -2.42. The molecule has 2 atom stereocenters. The maximum Gasteiger partial charge on any atom is 0.324 e. The van der Waals surface area contributed by atoms with Gasteiger partial charge in [-0.05, 0) is 25.0 Å². The van der Waals surface area contributed by atoms with Gasteiger partial charge in [0, 0.05) is 10.1 Å². The first-order valence-corrected chi connectivity index (χ1v) is 5.75. The minimum absolute atomic E-state index is 0.00241. The van der Waals surface area contributed by atoms with E-state index in [0.717, 1.165) is 11.3 Å². The van der Waals surface area contributed by atoms with E-state index in [-0.39, 0.29) is 5.25 Å². The van der Waals surface area contributed by atoms with Crippen LogP contribution in [0.3, 0.4) is 0 Å². The number of thioether (sulfide) groups is 1. The minimum Gasteiger partial charge on any atom is -0.480 e. The van der Waals surface area contributed by atoms with Crippen molar-refractivity contribution in [3.05, 3.63) is 30.3 Å². The fourth-order valence-corrected chi connectivity index (χ4v) is 2.95. The fraction of sp³-hybridized carbons (Fsp3) is 0.364. The minimum atomic E-state index is -1.03. The summed E-state index contributed by atoms with van der Waals surface area (Å²) in [6.45, 7) is 0. The van der Waals surface area contributed by atoms with Crippen molar-refractivity contribution in [2.24, 2.45) is 5.73 Å². The van der Waals surface area contributed by atoms with E-state index in [1.165, 1.54) is 0 Å². The average molecular weight is 223 g/mol. The van der Waals surface area contributed by atoms with Crippen molar-refractivity contribution in [1.29, 1.82) is 0 Å². The van der Waals surface area contributed by atoms with E-state index in [1.807, 2.05) is 30.3 Å². The van der Waals surface area contributed by atoms with Crippen molar-refractivity contribution in [2.75, 3.05) is 0 Å². The number of carboxylic acids is 1. The van der Waals surface area contributed by atoms with Crippen LogP contribution >= 0.6 is 11.8 Å². The Labute approximate surface area is 92.7 Å². The molecule has 1 aromatic rings. The van der Waals surface area contributed by atoms with Crippen LogP contribution in [0.2, 0.25) is 0 Å². The molecule has 0 bridgehead atoms. The van der Waals surface area contributed by atoms with Gasteiger partial charge in [-0.15, -0.1) is 11.8 Å². The topological polar surface area (TPSA) is 63.3 Å². The zero-order chi connectivity index (χ0) is 10.9. The third-order valence-electron chi connectivity index (χ3n) is 2.81. The number of benzene rings is 1. The average Bonchev–Trinajstić information content (AvgIpc) is 2.24. The summed E-state index contributed by atoms with van der Waals surface area (Å²) in [5.74, 6) is -0.887. The molecule has 0 heterocycles. The molecule has 1 fully saturated rings. The number of hydrogen-bond donors (Lipinski definition) is 2. The highest BCUT2D eigenvalue weighted by atomic mass is 32.2. The summed E-state index contributed by atoms with van der Waals surface area (Å²) in [6, 6.07) is 9.79. The van der Waals surface area contributed by atoms with E-state index in [2.05, 4.69) is 0 Å². The van der Waals surface area contributed by atoms with Crippen LogP contribution in [0.1, 0.15) is 12.8 Å². The van der Waals surface area contributed by atoms with Crippen molar-refractivity contribution in [1.82, 2.24) is 0 Å². The second-order valence-electron chi connectivity index (χ2n) is 3.80. The molecular weight excluding hydrogens is 210 g/mol. The maximum atomic E-state index is 11.0. The van der Waals surface area contributed by atoms with E-state index in [4.69, 9.17) is 10.8 Å². The molecule has 1 aliphatic carbocycles. The smallest absolute Gasteiger partial charge is 0.324 e. The highest BCUT2D eigenvalue weighted by molar-refractivity contribution is 8.00. The summed E-state index contributed by atoms with van der Waals surface area (Å²) in [4.78, 5) is 12.0. The molecule has 0 aliphatic heterocycles. The van der Waals surface area contributed by atoms with Crippen molar-refractivity contribution in [3.63, 3.8) is 0 Å². The molecular formula is C11H13NO2S. The molecule has 80 valence electrons. The van der Waals surface area contributed by atoms with Crippen LogP contribution in [0.25, 0.3) is 0 Å². The molecule has 0 unspecified atom stereocenters. The molecule has 1 aliphatic rings. The van der Waals surface area contributed by atoms with Gasteiger partial charge in [-0.1, -0.05) is 18.2 Å². The van der Waals surface area contributed by atoms with Crippen LogP contribution in [0.4, 0.5) is 0 Å². The number of carbonyl (C=O) groups is 1. The third kappa shape index (κ3) is 1.87. The number of hydrogen-bond acceptors (Lipinski definition) is 3. The highest BCUT2D eigenvalue weighted by Crippen LogP contribution is 2.42. The maximum absolute atomic E-state index is 11.0. The molecule has 4 heteroatoms. The summed E-state index contributed by atoms with van der Waals surface area (Å²) < 4.78 is 0. The Hall–Kier alpha value is -1.00. The monoisotopic (exact) mass is 223 g/mol. The summed E-state index contributed by atoms with van der Waals surface area (Å²) >= 11 is 1.56. The fourth-order valence-electron chi connectivity index (χ4n) is 1.65. The molecule has 1 aromatic carbocycles. The first-order valence-electron chi connectivity index (χ1n) is 4.87. The molecule has 2 rings (SSSR count). The normalized spacial score (nSPS) is 29.5. The van der Waals surface area contributed by atoms with Gasteiger partial charge in [0.15, 0.2) is 0 Å². The van der Waals surface area contributed by atoms with E-state index >= 15 is 0 Å². The highest BCUT2D eigenvalue weighted by Gasteiger charge is 2.50. The number of rotatable bonds is 3. The van der Waals surface area contributed by atoms with E-state index < -0.39 is 11.5 Å². The van der Waals surface area contributed by atoms with Crippen LogP contribution in [-0.2, 0) is 4.79 Å².